The molecule has 0 radical (unpaired) electrons. The van der Waals surface area contributed by atoms with E-state index in [-0.39, 0.29) is 0 Å². The highest BCUT2D eigenvalue weighted by atomic mass is 32.2. The Morgan fingerprint density at radius 3 is 2.76 bits per heavy atom. The Hall–Kier alpha value is -0.670. The van der Waals surface area contributed by atoms with E-state index in [1.807, 2.05) is 6.07 Å². The molecule has 94 valence electrons. The van der Waals surface area contributed by atoms with E-state index in [4.69, 9.17) is 5.73 Å². The molecular formula is C14H21NOS. The predicted octanol–water partition coefficient (Wildman–Crippen LogP) is 2.41. The van der Waals surface area contributed by atoms with E-state index < -0.39 is 10.8 Å². The number of unbranched alkanes of at least 4 members (excludes halogenated alkanes) is 2. The molecule has 2 rings (SSSR count). The Morgan fingerprint density at radius 2 is 1.94 bits per heavy atom. The molecule has 3 heteroatoms. The molecule has 0 fully saturated rings. The third-order valence-electron chi connectivity index (χ3n) is 3.37. The average molecular weight is 251 g/mol. The van der Waals surface area contributed by atoms with Gasteiger partial charge in [0.05, 0.1) is 10.8 Å². The van der Waals surface area contributed by atoms with Crippen molar-refractivity contribution >= 4 is 10.8 Å². The molecule has 1 aliphatic rings. The highest BCUT2D eigenvalue weighted by molar-refractivity contribution is 7.85. The van der Waals surface area contributed by atoms with Crippen LogP contribution in [0.5, 0.6) is 0 Å². The first-order valence-corrected chi connectivity index (χ1v) is 7.83. The van der Waals surface area contributed by atoms with Gasteiger partial charge in [-0.25, -0.2) is 0 Å². The second kappa shape index (κ2) is 6.31. The van der Waals surface area contributed by atoms with Gasteiger partial charge in [0.1, 0.15) is 0 Å². The van der Waals surface area contributed by atoms with Crippen molar-refractivity contribution in [1.82, 2.24) is 0 Å². The second-order valence-electron chi connectivity index (χ2n) is 4.68. The molecule has 1 aliphatic carbocycles. The van der Waals surface area contributed by atoms with Crippen molar-refractivity contribution in [2.24, 2.45) is 5.73 Å². The Labute approximate surface area is 106 Å². The van der Waals surface area contributed by atoms with Crippen LogP contribution in [0.3, 0.4) is 0 Å². The molecule has 2 N–H and O–H groups in total. The lowest BCUT2D eigenvalue weighted by atomic mass is 10.1. The van der Waals surface area contributed by atoms with Gasteiger partial charge < -0.3 is 5.73 Å². The van der Waals surface area contributed by atoms with Crippen LogP contribution in [0.2, 0.25) is 0 Å². The summed E-state index contributed by atoms with van der Waals surface area (Å²) in [4.78, 5) is 1.01. The number of hydrogen-bond donors (Lipinski definition) is 1. The summed E-state index contributed by atoms with van der Waals surface area (Å²) in [6.45, 7) is 0.742. The number of nitrogens with two attached hydrogens (primary N) is 1. The Kier molecular flexibility index (Phi) is 4.75. The van der Waals surface area contributed by atoms with E-state index >= 15 is 0 Å². The topological polar surface area (TPSA) is 43.1 Å². The summed E-state index contributed by atoms with van der Waals surface area (Å²) >= 11 is 0. The molecule has 0 bridgehead atoms. The van der Waals surface area contributed by atoms with Crippen molar-refractivity contribution in [3.8, 4) is 0 Å². The smallest absolute Gasteiger partial charge is 0.0529 e. The molecule has 0 amide bonds. The molecule has 0 spiro atoms. The molecular weight excluding hydrogens is 230 g/mol. The molecule has 0 saturated heterocycles. The van der Waals surface area contributed by atoms with Crippen molar-refractivity contribution in [2.75, 3.05) is 12.3 Å². The van der Waals surface area contributed by atoms with Crippen LogP contribution in [-0.4, -0.2) is 16.5 Å². The van der Waals surface area contributed by atoms with Crippen LogP contribution in [0, 0.1) is 0 Å². The zero-order valence-corrected chi connectivity index (χ0v) is 11.1. The normalized spacial score (nSPS) is 15.8. The lowest BCUT2D eigenvalue weighted by Gasteiger charge is -2.05. The summed E-state index contributed by atoms with van der Waals surface area (Å²) in [5.74, 6) is 0.777. The summed E-state index contributed by atoms with van der Waals surface area (Å²) in [5, 5.41) is 0. The summed E-state index contributed by atoms with van der Waals surface area (Å²) in [6, 6.07) is 6.36. The Morgan fingerprint density at radius 1 is 1.12 bits per heavy atom. The molecule has 17 heavy (non-hydrogen) atoms. The quantitative estimate of drug-likeness (QED) is 0.789. The van der Waals surface area contributed by atoms with Crippen LogP contribution in [0.15, 0.2) is 23.1 Å². The monoisotopic (exact) mass is 251 g/mol. The maximum atomic E-state index is 12.1. The zero-order valence-electron chi connectivity index (χ0n) is 10.3. The third kappa shape index (κ3) is 3.39. The van der Waals surface area contributed by atoms with Crippen LogP contribution in [0.4, 0.5) is 0 Å². The van der Waals surface area contributed by atoms with Gasteiger partial charge in [-0.1, -0.05) is 12.5 Å². The molecule has 0 aromatic heterocycles. The van der Waals surface area contributed by atoms with Gasteiger partial charge in [0.25, 0.3) is 0 Å². The van der Waals surface area contributed by atoms with Crippen molar-refractivity contribution in [3.05, 3.63) is 29.3 Å². The fourth-order valence-electron chi connectivity index (χ4n) is 2.36. The fourth-order valence-corrected chi connectivity index (χ4v) is 3.56. The van der Waals surface area contributed by atoms with Crippen LogP contribution < -0.4 is 5.73 Å². The van der Waals surface area contributed by atoms with Gasteiger partial charge in [0, 0.05) is 10.6 Å². The first-order valence-electron chi connectivity index (χ1n) is 6.51. The number of rotatable bonds is 6. The first kappa shape index (κ1) is 12.8. The molecule has 1 aromatic carbocycles. The van der Waals surface area contributed by atoms with Crippen molar-refractivity contribution < 1.29 is 4.21 Å². The van der Waals surface area contributed by atoms with E-state index in [1.165, 1.54) is 24.0 Å². The number of benzene rings is 1. The predicted molar refractivity (Wildman–Crippen MR) is 72.6 cm³/mol. The van der Waals surface area contributed by atoms with Crippen molar-refractivity contribution in [1.29, 1.82) is 0 Å². The minimum absolute atomic E-state index is 0.742. The Balaban J connectivity index is 1.91. The lowest BCUT2D eigenvalue weighted by molar-refractivity contribution is 0.672. The second-order valence-corrected chi connectivity index (χ2v) is 6.25. The van der Waals surface area contributed by atoms with E-state index in [2.05, 4.69) is 12.1 Å². The lowest BCUT2D eigenvalue weighted by Crippen LogP contribution is -2.02. The molecule has 0 saturated carbocycles. The minimum Gasteiger partial charge on any atom is -0.330 e. The largest absolute Gasteiger partial charge is 0.330 e. The van der Waals surface area contributed by atoms with Gasteiger partial charge in [-0.2, -0.15) is 0 Å². The van der Waals surface area contributed by atoms with Gasteiger partial charge in [-0.05, 0) is 61.9 Å². The number of hydrogen-bond acceptors (Lipinski definition) is 2. The molecule has 1 atom stereocenters. The fraction of sp³-hybridized carbons (Fsp3) is 0.571. The maximum absolute atomic E-state index is 12.1. The zero-order chi connectivity index (χ0) is 12.1. The van der Waals surface area contributed by atoms with E-state index in [0.29, 0.717) is 0 Å². The molecule has 1 unspecified atom stereocenters. The summed E-state index contributed by atoms with van der Waals surface area (Å²) < 4.78 is 12.1. The van der Waals surface area contributed by atoms with E-state index in [9.17, 15) is 4.21 Å². The molecule has 2 nitrogen and oxygen atoms in total. The number of aryl methyl sites for hydroxylation is 2. The highest BCUT2D eigenvalue weighted by Crippen LogP contribution is 2.24. The van der Waals surface area contributed by atoms with E-state index in [0.717, 1.165) is 42.9 Å². The van der Waals surface area contributed by atoms with Crippen LogP contribution >= 0.6 is 0 Å². The summed E-state index contributed by atoms with van der Waals surface area (Å²) in [6.07, 6.45) is 6.75. The van der Waals surface area contributed by atoms with Gasteiger partial charge in [0.15, 0.2) is 0 Å². The van der Waals surface area contributed by atoms with E-state index in [1.54, 1.807) is 0 Å². The Bertz CT molecular complexity index is 403. The number of fused-ring (bicyclic) bond motifs is 1. The van der Waals surface area contributed by atoms with Crippen molar-refractivity contribution in [2.45, 2.75) is 43.4 Å². The van der Waals surface area contributed by atoms with Gasteiger partial charge in [-0.3, -0.25) is 4.21 Å². The standard InChI is InChI=1S/C14H21NOS/c15-9-2-1-3-10-17(16)14-8-7-12-5-4-6-13(12)11-14/h7-8,11H,1-6,9-10,15H2. The van der Waals surface area contributed by atoms with Crippen LogP contribution in [0.1, 0.15) is 36.8 Å². The highest BCUT2D eigenvalue weighted by Gasteiger charge is 2.12. The average Bonchev–Trinajstić information content (AvgIpc) is 2.81. The van der Waals surface area contributed by atoms with Gasteiger partial charge in [0.2, 0.25) is 0 Å². The van der Waals surface area contributed by atoms with Crippen molar-refractivity contribution in [3.63, 3.8) is 0 Å². The van der Waals surface area contributed by atoms with Gasteiger partial charge >= 0.3 is 0 Å². The third-order valence-corrected chi connectivity index (χ3v) is 4.81. The summed E-state index contributed by atoms with van der Waals surface area (Å²) in [7, 11) is -0.820. The van der Waals surface area contributed by atoms with Crippen LogP contribution in [0.25, 0.3) is 0 Å². The summed E-state index contributed by atoms with van der Waals surface area (Å²) in [5.41, 5.74) is 8.31. The molecule has 0 heterocycles. The first-order chi connectivity index (χ1) is 8.31. The maximum Gasteiger partial charge on any atom is 0.0529 e. The SMILES string of the molecule is NCCCCCS(=O)c1ccc2c(c1)CCC2. The van der Waals surface area contributed by atoms with Gasteiger partial charge in [-0.15, -0.1) is 0 Å². The molecule has 0 aliphatic heterocycles. The molecule has 1 aromatic rings. The van der Waals surface area contributed by atoms with Crippen LogP contribution in [-0.2, 0) is 23.6 Å². The minimum atomic E-state index is -0.820.